The summed E-state index contributed by atoms with van der Waals surface area (Å²) in [6, 6.07) is 3.90. The second-order valence-corrected chi connectivity index (χ2v) is 3.44. The number of pyridine rings is 1. The van der Waals surface area contributed by atoms with Gasteiger partial charge in [0.2, 0.25) is 0 Å². The smallest absolute Gasteiger partial charge is 0.0606 e. The number of hydrogen-bond acceptors (Lipinski definition) is 4. The molecule has 0 aliphatic heterocycles. The van der Waals surface area contributed by atoms with Gasteiger partial charge < -0.3 is 15.1 Å². The molecule has 1 aromatic rings. The lowest BCUT2D eigenvalue weighted by molar-refractivity contribution is 0.281. The summed E-state index contributed by atoms with van der Waals surface area (Å²) >= 11 is 0. The Morgan fingerprint density at radius 2 is 2.07 bits per heavy atom. The second-order valence-electron chi connectivity index (χ2n) is 3.44. The fraction of sp³-hybridized carbons (Fsp3) is 0.545. The Bertz CT molecular complexity index is 292. The van der Waals surface area contributed by atoms with E-state index >= 15 is 0 Å². The average molecular weight is 210 g/mol. The third-order valence-corrected chi connectivity index (χ3v) is 2.20. The molecular formula is C11H18N2O2. The molecule has 0 amide bonds. The Morgan fingerprint density at radius 1 is 1.27 bits per heavy atom. The number of hydrogen-bond donors (Lipinski definition) is 2. The van der Waals surface area contributed by atoms with Gasteiger partial charge >= 0.3 is 0 Å². The van der Waals surface area contributed by atoms with Crippen molar-refractivity contribution in [3.8, 4) is 0 Å². The molecular weight excluding hydrogens is 192 g/mol. The molecule has 84 valence electrons. The van der Waals surface area contributed by atoms with Crippen LogP contribution in [0.5, 0.6) is 0 Å². The Hall–Kier alpha value is -1.13. The minimum atomic E-state index is 0.118. The number of anilines is 1. The Kier molecular flexibility index (Phi) is 5.07. The molecule has 2 N–H and O–H groups in total. The number of aliphatic hydroxyl groups is 2. The van der Waals surface area contributed by atoms with Crippen LogP contribution in [-0.2, 0) is 0 Å². The van der Waals surface area contributed by atoms with E-state index in [0.717, 1.165) is 17.9 Å². The van der Waals surface area contributed by atoms with Gasteiger partial charge in [0, 0.05) is 37.3 Å². The van der Waals surface area contributed by atoms with Gasteiger partial charge in [-0.2, -0.15) is 0 Å². The van der Waals surface area contributed by atoms with Crippen LogP contribution in [0.4, 0.5) is 5.69 Å². The normalized spacial score (nSPS) is 10.3. The molecule has 0 bridgehead atoms. The van der Waals surface area contributed by atoms with Crippen molar-refractivity contribution in [1.29, 1.82) is 0 Å². The first-order valence-corrected chi connectivity index (χ1v) is 5.17. The summed E-state index contributed by atoms with van der Waals surface area (Å²) in [4.78, 5) is 6.17. The number of aromatic nitrogens is 1. The number of rotatable bonds is 6. The molecule has 4 heteroatoms. The van der Waals surface area contributed by atoms with E-state index in [0.29, 0.717) is 13.0 Å². The SMILES string of the molecule is Cc1cc(N(CCO)CCCO)ccn1. The van der Waals surface area contributed by atoms with Crippen LogP contribution in [0.3, 0.4) is 0 Å². The zero-order chi connectivity index (χ0) is 11.1. The first kappa shape index (κ1) is 11.9. The second kappa shape index (κ2) is 6.37. The lowest BCUT2D eigenvalue weighted by atomic mass is 10.3. The van der Waals surface area contributed by atoms with Crippen LogP contribution in [0.2, 0.25) is 0 Å². The van der Waals surface area contributed by atoms with Crippen molar-refractivity contribution < 1.29 is 10.2 Å². The lowest BCUT2D eigenvalue weighted by Crippen LogP contribution is -2.28. The zero-order valence-electron chi connectivity index (χ0n) is 9.06. The summed E-state index contributed by atoms with van der Waals surface area (Å²) in [7, 11) is 0. The first-order valence-electron chi connectivity index (χ1n) is 5.17. The van der Waals surface area contributed by atoms with E-state index in [4.69, 9.17) is 10.2 Å². The van der Waals surface area contributed by atoms with Crippen molar-refractivity contribution in [2.75, 3.05) is 31.2 Å². The minimum absolute atomic E-state index is 0.118. The molecule has 0 fully saturated rings. The summed E-state index contributed by atoms with van der Waals surface area (Å²) in [5.74, 6) is 0. The fourth-order valence-corrected chi connectivity index (χ4v) is 1.48. The van der Waals surface area contributed by atoms with E-state index in [1.165, 1.54) is 0 Å². The summed E-state index contributed by atoms with van der Waals surface area (Å²) in [5, 5.41) is 17.7. The van der Waals surface area contributed by atoms with E-state index in [-0.39, 0.29) is 13.2 Å². The van der Waals surface area contributed by atoms with Crippen LogP contribution in [0.1, 0.15) is 12.1 Å². The minimum Gasteiger partial charge on any atom is -0.396 e. The van der Waals surface area contributed by atoms with Crippen molar-refractivity contribution >= 4 is 5.69 Å². The standard InChI is InChI=1S/C11H18N2O2/c1-10-9-11(3-4-12-10)13(6-8-15)5-2-7-14/h3-4,9,14-15H,2,5-8H2,1H3. The highest BCUT2D eigenvalue weighted by molar-refractivity contribution is 5.46. The van der Waals surface area contributed by atoms with Crippen LogP contribution in [0, 0.1) is 6.92 Å². The van der Waals surface area contributed by atoms with Gasteiger partial charge in [0.05, 0.1) is 6.61 Å². The topological polar surface area (TPSA) is 56.6 Å². The monoisotopic (exact) mass is 210 g/mol. The molecule has 1 heterocycles. The van der Waals surface area contributed by atoms with Crippen molar-refractivity contribution in [2.24, 2.45) is 0 Å². The van der Waals surface area contributed by atoms with Crippen LogP contribution >= 0.6 is 0 Å². The van der Waals surface area contributed by atoms with Gasteiger partial charge in [0.15, 0.2) is 0 Å². The van der Waals surface area contributed by atoms with Gasteiger partial charge in [0.1, 0.15) is 0 Å². The molecule has 0 saturated heterocycles. The van der Waals surface area contributed by atoms with Gasteiger partial charge in [-0.15, -0.1) is 0 Å². The maximum Gasteiger partial charge on any atom is 0.0606 e. The van der Waals surface area contributed by atoms with Gasteiger partial charge in [-0.05, 0) is 25.5 Å². The van der Waals surface area contributed by atoms with Crippen molar-refractivity contribution in [3.05, 3.63) is 24.0 Å². The van der Waals surface area contributed by atoms with E-state index in [1.807, 2.05) is 24.0 Å². The molecule has 1 aromatic heterocycles. The first-order chi connectivity index (χ1) is 7.27. The Balaban J connectivity index is 2.69. The van der Waals surface area contributed by atoms with Crippen molar-refractivity contribution in [3.63, 3.8) is 0 Å². The van der Waals surface area contributed by atoms with Gasteiger partial charge in [-0.25, -0.2) is 0 Å². The van der Waals surface area contributed by atoms with Crippen LogP contribution < -0.4 is 4.90 Å². The lowest BCUT2D eigenvalue weighted by Gasteiger charge is -2.23. The maximum atomic E-state index is 8.95. The van der Waals surface area contributed by atoms with Crippen LogP contribution in [0.15, 0.2) is 18.3 Å². The Morgan fingerprint density at radius 3 is 2.67 bits per heavy atom. The van der Waals surface area contributed by atoms with E-state index in [1.54, 1.807) is 6.20 Å². The highest BCUT2D eigenvalue weighted by Crippen LogP contribution is 2.14. The maximum absolute atomic E-state index is 8.95. The molecule has 1 rings (SSSR count). The molecule has 0 radical (unpaired) electrons. The third-order valence-electron chi connectivity index (χ3n) is 2.20. The molecule has 0 aromatic carbocycles. The average Bonchev–Trinajstić information content (AvgIpc) is 2.24. The number of aliphatic hydroxyl groups excluding tert-OH is 2. The molecule has 0 spiro atoms. The quantitative estimate of drug-likeness (QED) is 0.721. The Labute approximate surface area is 90.2 Å². The van der Waals surface area contributed by atoms with Gasteiger partial charge in [0.25, 0.3) is 0 Å². The molecule has 4 nitrogen and oxygen atoms in total. The van der Waals surface area contributed by atoms with Crippen LogP contribution in [0.25, 0.3) is 0 Å². The van der Waals surface area contributed by atoms with E-state index < -0.39 is 0 Å². The predicted octanol–water partition coefficient (Wildman–Crippen LogP) is 0.571. The zero-order valence-corrected chi connectivity index (χ0v) is 9.06. The van der Waals surface area contributed by atoms with Gasteiger partial charge in [-0.3, -0.25) is 4.98 Å². The van der Waals surface area contributed by atoms with E-state index in [9.17, 15) is 0 Å². The molecule has 0 aliphatic carbocycles. The molecule has 0 aliphatic rings. The van der Waals surface area contributed by atoms with Gasteiger partial charge in [-0.1, -0.05) is 0 Å². The van der Waals surface area contributed by atoms with E-state index in [2.05, 4.69) is 4.98 Å². The molecule has 0 saturated carbocycles. The summed E-state index contributed by atoms with van der Waals surface area (Å²) < 4.78 is 0. The summed E-state index contributed by atoms with van der Waals surface area (Å²) in [6.07, 6.45) is 2.47. The molecule has 0 atom stereocenters. The highest BCUT2D eigenvalue weighted by Gasteiger charge is 2.05. The summed E-state index contributed by atoms with van der Waals surface area (Å²) in [5.41, 5.74) is 2.00. The summed E-state index contributed by atoms with van der Waals surface area (Å²) in [6.45, 7) is 3.56. The number of aryl methyl sites for hydroxylation is 1. The van der Waals surface area contributed by atoms with Crippen molar-refractivity contribution in [1.82, 2.24) is 4.98 Å². The number of nitrogens with zero attached hydrogens (tertiary/aromatic N) is 2. The third kappa shape index (κ3) is 3.85. The highest BCUT2D eigenvalue weighted by atomic mass is 16.3. The predicted molar refractivity (Wildman–Crippen MR) is 60.0 cm³/mol. The largest absolute Gasteiger partial charge is 0.396 e. The van der Waals surface area contributed by atoms with Crippen LogP contribution in [-0.4, -0.2) is 41.5 Å². The fourth-order valence-electron chi connectivity index (χ4n) is 1.48. The molecule has 15 heavy (non-hydrogen) atoms. The van der Waals surface area contributed by atoms with Crippen molar-refractivity contribution in [2.45, 2.75) is 13.3 Å². The molecule has 0 unspecified atom stereocenters.